The molecule has 1 aromatic carbocycles. The smallest absolute Gasteiger partial charge is 0.377 e. The lowest BCUT2D eigenvalue weighted by Gasteiger charge is -2.17. The molecule has 0 saturated heterocycles. The predicted octanol–water partition coefficient (Wildman–Crippen LogP) is 3.94. The number of hydrogen-bond donors (Lipinski definition) is 0. The third-order valence-electron chi connectivity index (χ3n) is 3.11. The minimum absolute atomic E-state index is 0.557. The van der Waals surface area contributed by atoms with Crippen LogP contribution in [0, 0.1) is 0 Å². The Morgan fingerprint density at radius 2 is 2.06 bits per heavy atom. The number of fused-ring (bicyclic) bond motifs is 1. The zero-order chi connectivity index (χ0) is 13.2. The second-order valence-electron chi connectivity index (χ2n) is 4.51. The van der Waals surface area contributed by atoms with Gasteiger partial charge in [0.1, 0.15) is 0 Å². The van der Waals surface area contributed by atoms with E-state index in [1.807, 2.05) is 12.3 Å². The van der Waals surface area contributed by atoms with Gasteiger partial charge in [-0.05, 0) is 48.4 Å². The summed E-state index contributed by atoms with van der Waals surface area (Å²) in [5.41, 5.74) is 1.11. The van der Waals surface area contributed by atoms with E-state index in [9.17, 15) is 13.2 Å². The van der Waals surface area contributed by atoms with Crippen LogP contribution in [0.5, 0.6) is 0 Å². The second kappa shape index (κ2) is 5.04. The van der Waals surface area contributed by atoms with Crippen molar-refractivity contribution in [1.29, 1.82) is 0 Å². The molecule has 1 aliphatic heterocycles. The Morgan fingerprint density at radius 3 is 2.72 bits per heavy atom. The van der Waals surface area contributed by atoms with Crippen LogP contribution in [0.3, 0.4) is 0 Å². The number of nitrogens with zero attached hydrogens (tertiary/aromatic N) is 1. The van der Waals surface area contributed by atoms with Gasteiger partial charge in [-0.1, -0.05) is 13.0 Å². The van der Waals surface area contributed by atoms with Crippen molar-refractivity contribution < 1.29 is 13.2 Å². The molecule has 0 radical (unpaired) electrons. The third-order valence-corrected chi connectivity index (χ3v) is 3.11. The van der Waals surface area contributed by atoms with Crippen LogP contribution in [-0.2, 0) is 12.6 Å². The first kappa shape index (κ1) is 13.0. The van der Waals surface area contributed by atoms with Crippen LogP contribution in [-0.4, -0.2) is 18.0 Å². The molecule has 0 unspecified atom stereocenters. The summed E-state index contributed by atoms with van der Waals surface area (Å²) in [6, 6.07) is 3.98. The molecule has 1 aliphatic rings. The maximum atomic E-state index is 12.6. The molecule has 0 amide bonds. The Labute approximate surface area is 105 Å². The number of alkyl halides is 3. The van der Waals surface area contributed by atoms with Crippen LogP contribution in [0.25, 0.3) is 6.08 Å². The predicted molar refractivity (Wildman–Crippen MR) is 66.0 cm³/mol. The summed E-state index contributed by atoms with van der Waals surface area (Å²) >= 11 is 0. The molecule has 0 saturated carbocycles. The molecule has 0 aliphatic carbocycles. The Kier molecular flexibility index (Phi) is 3.64. The van der Waals surface area contributed by atoms with Gasteiger partial charge in [-0.2, -0.15) is 13.2 Å². The van der Waals surface area contributed by atoms with Crippen LogP contribution in [0.15, 0.2) is 24.4 Å². The van der Waals surface area contributed by atoms with E-state index in [-0.39, 0.29) is 0 Å². The van der Waals surface area contributed by atoms with Crippen LogP contribution in [0.1, 0.15) is 30.0 Å². The Morgan fingerprint density at radius 1 is 1.28 bits per heavy atom. The van der Waals surface area contributed by atoms with E-state index in [0.29, 0.717) is 6.42 Å². The molecule has 0 atom stereocenters. The van der Waals surface area contributed by atoms with Crippen molar-refractivity contribution in [3.63, 3.8) is 0 Å². The van der Waals surface area contributed by atoms with Gasteiger partial charge >= 0.3 is 6.18 Å². The van der Waals surface area contributed by atoms with Gasteiger partial charge in [-0.3, -0.25) is 0 Å². The lowest BCUT2D eigenvalue weighted by atomic mass is 10.0. The fourth-order valence-corrected chi connectivity index (χ4v) is 2.16. The van der Waals surface area contributed by atoms with Crippen LogP contribution >= 0.6 is 0 Å². The topological polar surface area (TPSA) is 3.24 Å². The highest BCUT2D eigenvalue weighted by molar-refractivity contribution is 5.55. The zero-order valence-electron chi connectivity index (χ0n) is 10.3. The SMILES string of the molecule is CCCN1C=Cc2ccc(C(F)(F)F)cc2CC1. The summed E-state index contributed by atoms with van der Waals surface area (Å²) in [5.74, 6) is 0. The Bertz CT molecular complexity index is 449. The maximum Gasteiger partial charge on any atom is 0.416 e. The zero-order valence-corrected chi connectivity index (χ0v) is 10.3. The van der Waals surface area contributed by atoms with Crippen molar-refractivity contribution in [3.05, 3.63) is 41.1 Å². The normalized spacial score (nSPS) is 15.4. The van der Waals surface area contributed by atoms with Gasteiger partial charge in [0.25, 0.3) is 0 Å². The number of rotatable bonds is 2. The van der Waals surface area contributed by atoms with Gasteiger partial charge in [0.2, 0.25) is 0 Å². The molecule has 0 aromatic heterocycles. The van der Waals surface area contributed by atoms with Gasteiger partial charge in [-0.15, -0.1) is 0 Å². The summed E-state index contributed by atoms with van der Waals surface area (Å²) in [6.07, 6.45) is 1.32. The van der Waals surface area contributed by atoms with Gasteiger partial charge in [-0.25, -0.2) is 0 Å². The van der Waals surface area contributed by atoms with Crippen molar-refractivity contribution in [1.82, 2.24) is 4.90 Å². The molecule has 18 heavy (non-hydrogen) atoms. The second-order valence-corrected chi connectivity index (χ2v) is 4.51. The Balaban J connectivity index is 2.25. The van der Waals surface area contributed by atoms with E-state index in [1.54, 1.807) is 6.07 Å². The average molecular weight is 255 g/mol. The van der Waals surface area contributed by atoms with Crippen LogP contribution in [0.4, 0.5) is 13.2 Å². The highest BCUT2D eigenvalue weighted by atomic mass is 19.4. The summed E-state index contributed by atoms with van der Waals surface area (Å²) < 4.78 is 37.9. The summed E-state index contributed by atoms with van der Waals surface area (Å²) in [6.45, 7) is 3.81. The van der Waals surface area contributed by atoms with E-state index in [0.717, 1.165) is 36.7 Å². The van der Waals surface area contributed by atoms with Crippen molar-refractivity contribution in [2.75, 3.05) is 13.1 Å². The van der Waals surface area contributed by atoms with Crippen molar-refractivity contribution in [3.8, 4) is 0 Å². The Hall–Kier alpha value is -1.45. The lowest BCUT2D eigenvalue weighted by molar-refractivity contribution is -0.137. The molecule has 98 valence electrons. The average Bonchev–Trinajstić information content (AvgIpc) is 2.51. The fourth-order valence-electron chi connectivity index (χ4n) is 2.16. The summed E-state index contributed by atoms with van der Waals surface area (Å²) in [5, 5.41) is 0. The largest absolute Gasteiger partial charge is 0.416 e. The van der Waals surface area contributed by atoms with Gasteiger partial charge in [0.05, 0.1) is 5.56 Å². The molecule has 2 rings (SSSR count). The molecule has 1 nitrogen and oxygen atoms in total. The van der Waals surface area contributed by atoms with Crippen LogP contribution in [0.2, 0.25) is 0 Å². The van der Waals surface area contributed by atoms with Gasteiger partial charge < -0.3 is 4.90 Å². The van der Waals surface area contributed by atoms with Gasteiger partial charge in [0, 0.05) is 13.1 Å². The van der Waals surface area contributed by atoms with E-state index >= 15 is 0 Å². The van der Waals surface area contributed by atoms with Gasteiger partial charge in [0.15, 0.2) is 0 Å². The quantitative estimate of drug-likeness (QED) is 0.773. The van der Waals surface area contributed by atoms with Crippen LogP contribution < -0.4 is 0 Å². The monoisotopic (exact) mass is 255 g/mol. The summed E-state index contributed by atoms with van der Waals surface area (Å²) in [7, 11) is 0. The van der Waals surface area contributed by atoms with E-state index in [4.69, 9.17) is 0 Å². The maximum absolute atomic E-state index is 12.6. The summed E-state index contributed by atoms with van der Waals surface area (Å²) in [4.78, 5) is 2.15. The molecular weight excluding hydrogens is 239 g/mol. The van der Waals surface area contributed by atoms with Crippen molar-refractivity contribution in [2.45, 2.75) is 25.9 Å². The molecule has 0 spiro atoms. The highest BCUT2D eigenvalue weighted by Gasteiger charge is 2.30. The minimum Gasteiger partial charge on any atom is -0.377 e. The fraction of sp³-hybridized carbons (Fsp3) is 0.429. The first-order chi connectivity index (χ1) is 8.50. The first-order valence-corrected chi connectivity index (χ1v) is 6.13. The molecular formula is C14H16F3N. The standard InChI is InChI=1S/C14H16F3N/c1-2-7-18-8-5-11-3-4-13(14(15,16)17)10-12(11)6-9-18/h3-5,8,10H,2,6-7,9H2,1H3. The van der Waals surface area contributed by atoms with E-state index in [1.165, 1.54) is 6.07 Å². The third kappa shape index (κ3) is 2.86. The molecule has 1 heterocycles. The molecule has 0 N–H and O–H groups in total. The molecule has 4 heteroatoms. The van der Waals surface area contributed by atoms with E-state index < -0.39 is 11.7 Å². The van der Waals surface area contributed by atoms with E-state index in [2.05, 4.69) is 11.8 Å². The minimum atomic E-state index is -4.26. The first-order valence-electron chi connectivity index (χ1n) is 6.13. The number of hydrogen-bond acceptors (Lipinski definition) is 1. The molecule has 0 bridgehead atoms. The molecule has 0 fully saturated rings. The molecule has 1 aromatic rings. The lowest BCUT2D eigenvalue weighted by Crippen LogP contribution is -2.19. The van der Waals surface area contributed by atoms with Crippen molar-refractivity contribution in [2.24, 2.45) is 0 Å². The number of halogens is 3. The van der Waals surface area contributed by atoms with Crippen molar-refractivity contribution >= 4 is 6.08 Å². The highest BCUT2D eigenvalue weighted by Crippen LogP contribution is 2.31. The number of benzene rings is 1.